The highest BCUT2D eigenvalue weighted by atomic mass is 16.5. The SMILES string of the molecule is COc1ccc(OCC(=O)N2CCCC2c2ncc(C)[nH]2)cc1. The summed E-state index contributed by atoms with van der Waals surface area (Å²) in [5, 5.41) is 0. The number of aromatic amines is 1. The fourth-order valence-electron chi connectivity index (χ4n) is 2.85. The zero-order chi connectivity index (χ0) is 16.2. The van der Waals surface area contributed by atoms with Crippen molar-refractivity contribution in [1.29, 1.82) is 0 Å². The van der Waals surface area contributed by atoms with Gasteiger partial charge in [0.2, 0.25) is 0 Å². The number of amides is 1. The van der Waals surface area contributed by atoms with Crippen LogP contribution in [0.3, 0.4) is 0 Å². The first kappa shape index (κ1) is 15.4. The normalized spacial score (nSPS) is 17.3. The van der Waals surface area contributed by atoms with Crippen LogP contribution in [0, 0.1) is 6.92 Å². The summed E-state index contributed by atoms with van der Waals surface area (Å²) in [6.07, 6.45) is 3.71. The van der Waals surface area contributed by atoms with Crippen LogP contribution >= 0.6 is 0 Å². The first-order valence-corrected chi connectivity index (χ1v) is 7.75. The number of carbonyl (C=O) groups excluding carboxylic acids is 1. The first-order valence-electron chi connectivity index (χ1n) is 7.75. The fourth-order valence-corrected chi connectivity index (χ4v) is 2.85. The molecule has 1 fully saturated rings. The van der Waals surface area contributed by atoms with E-state index in [0.29, 0.717) is 5.75 Å². The van der Waals surface area contributed by atoms with Gasteiger partial charge in [0.25, 0.3) is 5.91 Å². The topological polar surface area (TPSA) is 67.5 Å². The average Bonchev–Trinajstić information content (AvgIpc) is 3.21. The zero-order valence-corrected chi connectivity index (χ0v) is 13.4. The maximum atomic E-state index is 12.5. The number of imidazole rings is 1. The minimum absolute atomic E-state index is 0.0163. The number of aromatic nitrogens is 2. The maximum absolute atomic E-state index is 12.5. The van der Waals surface area contributed by atoms with Gasteiger partial charge in [0.1, 0.15) is 17.3 Å². The number of nitrogens with one attached hydrogen (secondary N) is 1. The number of benzene rings is 1. The van der Waals surface area contributed by atoms with Gasteiger partial charge in [0.05, 0.1) is 13.2 Å². The highest BCUT2D eigenvalue weighted by molar-refractivity contribution is 5.78. The Hall–Kier alpha value is -2.50. The molecular formula is C17H21N3O3. The summed E-state index contributed by atoms with van der Waals surface area (Å²) in [6, 6.07) is 7.23. The van der Waals surface area contributed by atoms with Crippen molar-refractivity contribution < 1.29 is 14.3 Å². The first-order chi connectivity index (χ1) is 11.2. The Kier molecular flexibility index (Phi) is 4.50. The number of H-pyrrole nitrogens is 1. The highest BCUT2D eigenvalue weighted by Gasteiger charge is 2.31. The van der Waals surface area contributed by atoms with E-state index in [-0.39, 0.29) is 18.6 Å². The fraction of sp³-hybridized carbons (Fsp3) is 0.412. The van der Waals surface area contributed by atoms with E-state index in [4.69, 9.17) is 9.47 Å². The third-order valence-electron chi connectivity index (χ3n) is 4.03. The molecule has 1 amide bonds. The Morgan fingerprint density at radius 3 is 2.74 bits per heavy atom. The van der Waals surface area contributed by atoms with Crippen LogP contribution in [0.5, 0.6) is 11.5 Å². The van der Waals surface area contributed by atoms with Crippen LogP contribution in [-0.4, -0.2) is 41.0 Å². The summed E-state index contributed by atoms with van der Waals surface area (Å²) in [7, 11) is 1.61. The number of hydrogen-bond acceptors (Lipinski definition) is 4. The average molecular weight is 315 g/mol. The lowest BCUT2D eigenvalue weighted by Crippen LogP contribution is -2.34. The van der Waals surface area contributed by atoms with E-state index in [1.807, 2.05) is 24.0 Å². The summed E-state index contributed by atoms with van der Waals surface area (Å²) in [4.78, 5) is 21.9. The van der Waals surface area contributed by atoms with Gasteiger partial charge in [-0.3, -0.25) is 4.79 Å². The molecule has 1 saturated heterocycles. The maximum Gasteiger partial charge on any atom is 0.261 e. The molecule has 1 N–H and O–H groups in total. The molecule has 1 aliphatic rings. The third kappa shape index (κ3) is 3.47. The van der Waals surface area contributed by atoms with Crippen LogP contribution in [0.4, 0.5) is 0 Å². The molecule has 0 saturated carbocycles. The number of hydrogen-bond donors (Lipinski definition) is 1. The number of likely N-dealkylation sites (tertiary alicyclic amines) is 1. The molecule has 2 heterocycles. The molecule has 3 rings (SSSR count). The van der Waals surface area contributed by atoms with Crippen LogP contribution in [0.15, 0.2) is 30.5 Å². The second-order valence-electron chi connectivity index (χ2n) is 5.66. The second-order valence-corrected chi connectivity index (χ2v) is 5.66. The molecule has 0 aliphatic carbocycles. The van der Waals surface area contributed by atoms with Crippen molar-refractivity contribution in [1.82, 2.24) is 14.9 Å². The second kappa shape index (κ2) is 6.73. The van der Waals surface area contributed by atoms with Gasteiger partial charge in [0.15, 0.2) is 6.61 Å². The minimum atomic E-state index is -0.0163. The van der Waals surface area contributed by atoms with E-state index in [0.717, 1.165) is 36.7 Å². The van der Waals surface area contributed by atoms with Gasteiger partial charge >= 0.3 is 0 Å². The molecule has 1 aromatic carbocycles. The minimum Gasteiger partial charge on any atom is -0.497 e. The van der Waals surface area contributed by atoms with Crippen molar-refractivity contribution in [2.24, 2.45) is 0 Å². The van der Waals surface area contributed by atoms with E-state index >= 15 is 0 Å². The molecule has 6 nitrogen and oxygen atoms in total. The molecule has 122 valence electrons. The number of rotatable bonds is 5. The Morgan fingerprint density at radius 1 is 1.35 bits per heavy atom. The third-order valence-corrected chi connectivity index (χ3v) is 4.03. The molecule has 1 unspecified atom stereocenters. The lowest BCUT2D eigenvalue weighted by Gasteiger charge is -2.23. The standard InChI is InChI=1S/C17H21N3O3/c1-12-10-18-17(19-12)15-4-3-9-20(15)16(21)11-23-14-7-5-13(22-2)6-8-14/h5-8,10,15H,3-4,9,11H2,1-2H3,(H,18,19). The molecule has 0 spiro atoms. The number of ether oxygens (including phenoxy) is 2. The molecule has 0 radical (unpaired) electrons. The van der Waals surface area contributed by atoms with Crippen LogP contribution in [0.1, 0.15) is 30.4 Å². The van der Waals surface area contributed by atoms with Gasteiger partial charge in [-0.25, -0.2) is 4.98 Å². The van der Waals surface area contributed by atoms with Crippen LogP contribution < -0.4 is 9.47 Å². The molecule has 6 heteroatoms. The largest absolute Gasteiger partial charge is 0.497 e. The Morgan fingerprint density at radius 2 is 2.09 bits per heavy atom. The molecular weight excluding hydrogens is 294 g/mol. The molecule has 0 bridgehead atoms. The summed E-state index contributed by atoms with van der Waals surface area (Å²) in [5.74, 6) is 2.26. The predicted molar refractivity (Wildman–Crippen MR) is 85.5 cm³/mol. The lowest BCUT2D eigenvalue weighted by molar-refractivity contribution is -0.134. The number of methoxy groups -OCH3 is 1. The van der Waals surface area contributed by atoms with Crippen molar-refractivity contribution in [3.05, 3.63) is 42.0 Å². The van der Waals surface area contributed by atoms with E-state index in [1.54, 1.807) is 25.4 Å². The summed E-state index contributed by atoms with van der Waals surface area (Å²) < 4.78 is 10.7. The summed E-state index contributed by atoms with van der Waals surface area (Å²) in [6.45, 7) is 2.74. The summed E-state index contributed by atoms with van der Waals surface area (Å²) >= 11 is 0. The van der Waals surface area contributed by atoms with Gasteiger partial charge in [0, 0.05) is 18.4 Å². The van der Waals surface area contributed by atoms with Crippen molar-refractivity contribution >= 4 is 5.91 Å². The number of aryl methyl sites for hydroxylation is 1. The van der Waals surface area contributed by atoms with Crippen LogP contribution in [0.2, 0.25) is 0 Å². The van der Waals surface area contributed by atoms with E-state index < -0.39 is 0 Å². The molecule has 1 aliphatic heterocycles. The predicted octanol–water partition coefficient (Wildman–Crippen LogP) is 2.47. The smallest absolute Gasteiger partial charge is 0.261 e. The Labute approximate surface area is 135 Å². The van der Waals surface area contributed by atoms with Gasteiger partial charge in [-0.05, 0) is 44.0 Å². The van der Waals surface area contributed by atoms with Gasteiger partial charge in [-0.15, -0.1) is 0 Å². The number of carbonyl (C=O) groups is 1. The van der Waals surface area contributed by atoms with Crippen molar-refractivity contribution in [2.75, 3.05) is 20.3 Å². The van der Waals surface area contributed by atoms with Crippen molar-refractivity contribution in [3.8, 4) is 11.5 Å². The molecule has 23 heavy (non-hydrogen) atoms. The van der Waals surface area contributed by atoms with E-state index in [9.17, 15) is 4.79 Å². The molecule has 1 atom stereocenters. The van der Waals surface area contributed by atoms with Gasteiger partial charge in [-0.2, -0.15) is 0 Å². The van der Waals surface area contributed by atoms with Crippen molar-refractivity contribution in [3.63, 3.8) is 0 Å². The van der Waals surface area contributed by atoms with Gasteiger partial charge in [-0.1, -0.05) is 0 Å². The monoisotopic (exact) mass is 315 g/mol. The van der Waals surface area contributed by atoms with Crippen LogP contribution in [0.25, 0.3) is 0 Å². The molecule has 1 aromatic heterocycles. The van der Waals surface area contributed by atoms with Crippen LogP contribution in [-0.2, 0) is 4.79 Å². The quantitative estimate of drug-likeness (QED) is 0.920. The Bertz CT molecular complexity index is 666. The number of nitrogens with zero attached hydrogens (tertiary/aromatic N) is 2. The molecule has 2 aromatic rings. The van der Waals surface area contributed by atoms with E-state index in [2.05, 4.69) is 9.97 Å². The highest BCUT2D eigenvalue weighted by Crippen LogP contribution is 2.30. The lowest BCUT2D eigenvalue weighted by atomic mass is 10.2. The van der Waals surface area contributed by atoms with Gasteiger partial charge < -0.3 is 19.4 Å². The van der Waals surface area contributed by atoms with Crippen molar-refractivity contribution in [2.45, 2.75) is 25.8 Å². The zero-order valence-electron chi connectivity index (χ0n) is 13.4. The Balaban J connectivity index is 1.60. The summed E-state index contributed by atoms with van der Waals surface area (Å²) in [5.41, 5.74) is 1.01. The van der Waals surface area contributed by atoms with E-state index in [1.165, 1.54) is 0 Å².